The highest BCUT2D eigenvalue weighted by Gasteiger charge is 2.13. The molecule has 0 aliphatic heterocycles. The molecule has 0 amide bonds. The number of thiophene rings is 1. The number of rotatable bonds is 5. The summed E-state index contributed by atoms with van der Waals surface area (Å²) in [5.41, 5.74) is 0. The molecular weight excluding hydrogens is 258 g/mol. The first-order valence-corrected chi connectivity index (χ1v) is 6.77. The topological polar surface area (TPSA) is 12.0 Å². The molecule has 1 heterocycles. The first kappa shape index (κ1) is 12.2. The van der Waals surface area contributed by atoms with E-state index in [-0.39, 0.29) is 0 Å². The van der Waals surface area contributed by atoms with Crippen LogP contribution in [-0.2, 0) is 6.42 Å². The minimum Gasteiger partial charge on any atom is -0.314 e. The Bertz CT molecular complexity index is 270. The molecule has 0 saturated heterocycles. The molecule has 3 heteroatoms. The summed E-state index contributed by atoms with van der Waals surface area (Å²) in [4.78, 5) is 1.46. The lowest BCUT2D eigenvalue weighted by atomic mass is 10.0. The van der Waals surface area contributed by atoms with Gasteiger partial charge in [-0.05, 0) is 40.9 Å². The van der Waals surface area contributed by atoms with Gasteiger partial charge in [-0.25, -0.2) is 0 Å². The molecule has 1 aromatic heterocycles. The standard InChI is InChI=1S/C11H18BrNS/c1-4-13-11(8(2)3)6-10-5-9(12)7-14-10/h5,7-8,11,13H,4,6H2,1-3H3. The van der Waals surface area contributed by atoms with Crippen molar-refractivity contribution in [2.75, 3.05) is 6.54 Å². The minimum atomic E-state index is 0.602. The maximum Gasteiger partial charge on any atom is 0.0285 e. The van der Waals surface area contributed by atoms with Gasteiger partial charge in [-0.2, -0.15) is 0 Å². The van der Waals surface area contributed by atoms with E-state index in [1.807, 2.05) is 11.3 Å². The molecule has 0 spiro atoms. The molecule has 1 atom stereocenters. The van der Waals surface area contributed by atoms with Crippen molar-refractivity contribution in [2.24, 2.45) is 5.92 Å². The average Bonchev–Trinajstić information content (AvgIpc) is 2.50. The molecule has 0 fully saturated rings. The van der Waals surface area contributed by atoms with Gasteiger partial charge in [0, 0.05) is 20.8 Å². The van der Waals surface area contributed by atoms with E-state index in [0.717, 1.165) is 13.0 Å². The van der Waals surface area contributed by atoms with Crippen LogP contribution < -0.4 is 5.32 Å². The second-order valence-electron chi connectivity index (χ2n) is 3.84. The van der Waals surface area contributed by atoms with Gasteiger partial charge in [0.1, 0.15) is 0 Å². The van der Waals surface area contributed by atoms with Gasteiger partial charge < -0.3 is 5.32 Å². The van der Waals surface area contributed by atoms with Crippen molar-refractivity contribution < 1.29 is 0 Å². The van der Waals surface area contributed by atoms with Crippen LogP contribution in [0.4, 0.5) is 0 Å². The summed E-state index contributed by atoms with van der Waals surface area (Å²) in [7, 11) is 0. The Morgan fingerprint density at radius 3 is 2.64 bits per heavy atom. The van der Waals surface area contributed by atoms with E-state index in [1.54, 1.807) is 0 Å². The first-order valence-electron chi connectivity index (χ1n) is 5.09. The Labute approximate surface area is 99.0 Å². The van der Waals surface area contributed by atoms with Crippen LogP contribution in [0, 0.1) is 5.92 Å². The number of likely N-dealkylation sites (N-methyl/N-ethyl adjacent to an activating group) is 1. The molecule has 1 N–H and O–H groups in total. The van der Waals surface area contributed by atoms with Crippen LogP contribution in [0.25, 0.3) is 0 Å². The third kappa shape index (κ3) is 3.71. The van der Waals surface area contributed by atoms with Crippen molar-refractivity contribution in [3.05, 3.63) is 20.8 Å². The maximum absolute atomic E-state index is 3.53. The van der Waals surface area contributed by atoms with E-state index in [4.69, 9.17) is 0 Å². The lowest BCUT2D eigenvalue weighted by Crippen LogP contribution is -2.35. The maximum atomic E-state index is 3.53. The average molecular weight is 276 g/mol. The van der Waals surface area contributed by atoms with Crippen LogP contribution in [0.2, 0.25) is 0 Å². The summed E-state index contributed by atoms with van der Waals surface area (Å²) in [6.45, 7) is 7.76. The van der Waals surface area contributed by atoms with Gasteiger partial charge >= 0.3 is 0 Å². The van der Waals surface area contributed by atoms with Crippen LogP contribution in [0.3, 0.4) is 0 Å². The Kier molecular flexibility index (Phi) is 5.13. The van der Waals surface area contributed by atoms with Crippen molar-refractivity contribution in [3.8, 4) is 0 Å². The van der Waals surface area contributed by atoms with Crippen LogP contribution in [0.5, 0.6) is 0 Å². The van der Waals surface area contributed by atoms with E-state index < -0.39 is 0 Å². The Hall–Kier alpha value is 0.140. The quantitative estimate of drug-likeness (QED) is 0.865. The number of nitrogens with one attached hydrogen (secondary N) is 1. The third-order valence-electron chi connectivity index (χ3n) is 2.31. The number of hydrogen-bond acceptors (Lipinski definition) is 2. The number of halogens is 1. The molecule has 0 aliphatic rings. The SMILES string of the molecule is CCNC(Cc1cc(Br)cs1)C(C)C. The fourth-order valence-electron chi connectivity index (χ4n) is 1.48. The van der Waals surface area contributed by atoms with Crippen molar-refractivity contribution in [1.29, 1.82) is 0 Å². The van der Waals surface area contributed by atoms with E-state index in [2.05, 4.69) is 53.5 Å². The Morgan fingerprint density at radius 1 is 1.50 bits per heavy atom. The van der Waals surface area contributed by atoms with Crippen molar-refractivity contribution >= 4 is 27.3 Å². The smallest absolute Gasteiger partial charge is 0.0285 e. The fourth-order valence-corrected chi connectivity index (χ4v) is 2.99. The van der Waals surface area contributed by atoms with Crippen LogP contribution in [0.1, 0.15) is 25.6 Å². The lowest BCUT2D eigenvalue weighted by Gasteiger charge is -2.20. The summed E-state index contributed by atoms with van der Waals surface area (Å²) in [6.07, 6.45) is 1.14. The molecular formula is C11H18BrNS. The zero-order chi connectivity index (χ0) is 10.6. The highest BCUT2D eigenvalue weighted by atomic mass is 79.9. The largest absolute Gasteiger partial charge is 0.314 e. The van der Waals surface area contributed by atoms with Crippen molar-refractivity contribution in [2.45, 2.75) is 33.2 Å². The van der Waals surface area contributed by atoms with Gasteiger partial charge in [0.25, 0.3) is 0 Å². The first-order chi connectivity index (χ1) is 6.63. The van der Waals surface area contributed by atoms with Gasteiger partial charge in [0.05, 0.1) is 0 Å². The minimum absolute atomic E-state index is 0.602. The molecule has 14 heavy (non-hydrogen) atoms. The van der Waals surface area contributed by atoms with Gasteiger partial charge in [-0.15, -0.1) is 11.3 Å². The molecule has 0 aromatic carbocycles. The molecule has 1 nitrogen and oxygen atoms in total. The zero-order valence-electron chi connectivity index (χ0n) is 9.01. The van der Waals surface area contributed by atoms with E-state index in [9.17, 15) is 0 Å². The predicted molar refractivity (Wildman–Crippen MR) is 68.0 cm³/mol. The summed E-state index contributed by atoms with van der Waals surface area (Å²) in [5, 5.41) is 5.68. The second-order valence-corrected chi connectivity index (χ2v) is 5.76. The van der Waals surface area contributed by atoms with Crippen LogP contribution >= 0.6 is 27.3 Å². The van der Waals surface area contributed by atoms with Crippen LogP contribution in [-0.4, -0.2) is 12.6 Å². The highest BCUT2D eigenvalue weighted by Crippen LogP contribution is 2.22. The van der Waals surface area contributed by atoms with Crippen molar-refractivity contribution in [3.63, 3.8) is 0 Å². The molecule has 80 valence electrons. The fraction of sp³-hybridized carbons (Fsp3) is 0.636. The second kappa shape index (κ2) is 5.89. The lowest BCUT2D eigenvalue weighted by molar-refractivity contribution is 0.407. The van der Waals surface area contributed by atoms with Gasteiger partial charge in [0.2, 0.25) is 0 Å². The molecule has 1 rings (SSSR count). The summed E-state index contributed by atoms with van der Waals surface area (Å²) in [5.74, 6) is 0.691. The predicted octanol–water partition coefficient (Wildman–Crippen LogP) is 3.69. The van der Waals surface area contributed by atoms with E-state index >= 15 is 0 Å². The van der Waals surface area contributed by atoms with E-state index in [1.165, 1.54) is 9.35 Å². The third-order valence-corrected chi connectivity index (χ3v) is 4.03. The summed E-state index contributed by atoms with van der Waals surface area (Å²) < 4.78 is 1.21. The monoisotopic (exact) mass is 275 g/mol. The summed E-state index contributed by atoms with van der Waals surface area (Å²) >= 11 is 5.32. The van der Waals surface area contributed by atoms with Crippen LogP contribution in [0.15, 0.2) is 15.9 Å². The molecule has 0 bridgehead atoms. The highest BCUT2D eigenvalue weighted by molar-refractivity contribution is 9.10. The van der Waals surface area contributed by atoms with Gasteiger partial charge in [-0.1, -0.05) is 20.8 Å². The molecule has 1 unspecified atom stereocenters. The zero-order valence-corrected chi connectivity index (χ0v) is 11.4. The number of hydrogen-bond donors (Lipinski definition) is 1. The van der Waals surface area contributed by atoms with Gasteiger partial charge in [-0.3, -0.25) is 0 Å². The molecule has 0 saturated carbocycles. The Morgan fingerprint density at radius 2 is 2.21 bits per heavy atom. The van der Waals surface area contributed by atoms with Crippen molar-refractivity contribution in [1.82, 2.24) is 5.32 Å². The molecule has 1 aromatic rings. The Balaban J connectivity index is 2.55. The normalized spacial score (nSPS) is 13.5. The molecule has 0 radical (unpaired) electrons. The van der Waals surface area contributed by atoms with Gasteiger partial charge in [0.15, 0.2) is 0 Å². The van der Waals surface area contributed by atoms with E-state index in [0.29, 0.717) is 12.0 Å². The summed E-state index contributed by atoms with van der Waals surface area (Å²) in [6, 6.07) is 2.82. The molecule has 0 aliphatic carbocycles.